The molecular weight excluding hydrogens is 318 g/mol. The smallest absolute Gasteiger partial charge is 0.276 e. The Labute approximate surface area is 147 Å². The molecule has 0 bridgehead atoms. The number of likely N-dealkylation sites (N-methyl/N-ethyl adjacent to an activating group) is 1. The van der Waals surface area contributed by atoms with Crippen molar-refractivity contribution in [2.24, 2.45) is 0 Å². The van der Waals surface area contributed by atoms with Crippen LogP contribution in [0.2, 0.25) is 0 Å². The van der Waals surface area contributed by atoms with E-state index in [0.717, 1.165) is 11.3 Å². The fourth-order valence-corrected chi connectivity index (χ4v) is 2.33. The maximum Gasteiger partial charge on any atom is 0.276 e. The van der Waals surface area contributed by atoms with E-state index in [2.05, 4.69) is 0 Å². The third-order valence-corrected chi connectivity index (χ3v) is 3.79. The average Bonchev–Trinajstić information content (AvgIpc) is 2.60. The first kappa shape index (κ1) is 18.2. The SMILES string of the molecule is CN(Cc1ccc(N(C)C)cc1)C(=O)/C=C/c1ccccc1[N+](=O)[O-]. The lowest BCUT2D eigenvalue weighted by molar-refractivity contribution is -0.385. The zero-order chi connectivity index (χ0) is 18.4. The summed E-state index contributed by atoms with van der Waals surface area (Å²) in [7, 11) is 5.64. The summed E-state index contributed by atoms with van der Waals surface area (Å²) in [5, 5.41) is 11.0. The Morgan fingerprint density at radius 1 is 1.08 bits per heavy atom. The minimum Gasteiger partial charge on any atom is -0.378 e. The van der Waals surface area contributed by atoms with Gasteiger partial charge in [-0.1, -0.05) is 24.3 Å². The standard InChI is InChI=1S/C19H21N3O3/c1-20(2)17-11-8-15(9-12-17)14-21(3)19(23)13-10-16-6-4-5-7-18(16)22(24)25/h4-13H,14H2,1-3H3/b13-10+. The van der Waals surface area contributed by atoms with E-state index in [1.165, 1.54) is 18.2 Å². The van der Waals surface area contributed by atoms with Crippen molar-refractivity contribution in [1.29, 1.82) is 0 Å². The van der Waals surface area contributed by atoms with Crippen molar-refractivity contribution in [1.82, 2.24) is 4.90 Å². The third kappa shape index (κ3) is 4.91. The molecule has 0 aliphatic rings. The molecule has 0 radical (unpaired) electrons. The van der Waals surface area contributed by atoms with E-state index in [1.54, 1.807) is 30.1 Å². The van der Waals surface area contributed by atoms with Crippen LogP contribution in [-0.2, 0) is 11.3 Å². The van der Waals surface area contributed by atoms with Gasteiger partial charge < -0.3 is 9.80 Å². The zero-order valence-electron chi connectivity index (χ0n) is 14.5. The second kappa shape index (κ2) is 8.10. The highest BCUT2D eigenvalue weighted by atomic mass is 16.6. The van der Waals surface area contributed by atoms with Crippen LogP contribution in [0.4, 0.5) is 11.4 Å². The van der Waals surface area contributed by atoms with Gasteiger partial charge in [0.25, 0.3) is 5.69 Å². The van der Waals surface area contributed by atoms with E-state index in [1.807, 2.05) is 43.3 Å². The first-order chi connectivity index (χ1) is 11.9. The third-order valence-electron chi connectivity index (χ3n) is 3.79. The zero-order valence-corrected chi connectivity index (χ0v) is 14.5. The molecule has 0 spiro atoms. The average molecular weight is 339 g/mol. The van der Waals surface area contributed by atoms with Crippen molar-refractivity contribution >= 4 is 23.4 Å². The minimum atomic E-state index is -0.458. The quantitative estimate of drug-likeness (QED) is 0.460. The summed E-state index contributed by atoms with van der Waals surface area (Å²) in [5.41, 5.74) is 2.49. The van der Waals surface area contributed by atoms with Crippen LogP contribution in [-0.4, -0.2) is 36.9 Å². The van der Waals surface area contributed by atoms with Gasteiger partial charge in [-0.3, -0.25) is 14.9 Å². The van der Waals surface area contributed by atoms with E-state index < -0.39 is 4.92 Å². The van der Waals surface area contributed by atoms with Crippen molar-refractivity contribution in [2.75, 3.05) is 26.0 Å². The van der Waals surface area contributed by atoms with E-state index in [4.69, 9.17) is 0 Å². The summed E-state index contributed by atoms with van der Waals surface area (Å²) in [4.78, 5) is 26.3. The van der Waals surface area contributed by atoms with Gasteiger partial charge in [0.15, 0.2) is 0 Å². The number of benzene rings is 2. The van der Waals surface area contributed by atoms with Crippen LogP contribution in [0.25, 0.3) is 6.08 Å². The van der Waals surface area contributed by atoms with Gasteiger partial charge in [-0.25, -0.2) is 0 Å². The van der Waals surface area contributed by atoms with E-state index >= 15 is 0 Å². The molecule has 0 fully saturated rings. The van der Waals surface area contributed by atoms with Gasteiger partial charge in [0, 0.05) is 45.5 Å². The molecule has 0 aliphatic carbocycles. The molecule has 0 aromatic heterocycles. The first-order valence-electron chi connectivity index (χ1n) is 7.81. The van der Waals surface area contributed by atoms with Crippen LogP contribution in [0.5, 0.6) is 0 Å². The minimum absolute atomic E-state index is 0.0199. The van der Waals surface area contributed by atoms with Crippen molar-refractivity contribution in [3.63, 3.8) is 0 Å². The Bertz CT molecular complexity index is 783. The molecule has 1 amide bonds. The number of amides is 1. The number of hydrogen-bond donors (Lipinski definition) is 0. The molecule has 0 saturated carbocycles. The van der Waals surface area contributed by atoms with Crippen LogP contribution >= 0.6 is 0 Å². The second-order valence-corrected chi connectivity index (χ2v) is 5.90. The highest BCUT2D eigenvalue weighted by molar-refractivity contribution is 5.92. The lowest BCUT2D eigenvalue weighted by atomic mass is 10.1. The molecule has 2 aromatic rings. The number of nitro groups is 1. The molecule has 0 aliphatic heterocycles. The van der Waals surface area contributed by atoms with Gasteiger partial charge in [0.2, 0.25) is 5.91 Å². The van der Waals surface area contributed by atoms with Crippen LogP contribution < -0.4 is 4.90 Å². The maximum atomic E-state index is 12.2. The van der Waals surface area contributed by atoms with Crippen LogP contribution in [0.15, 0.2) is 54.6 Å². The van der Waals surface area contributed by atoms with Crippen molar-refractivity contribution < 1.29 is 9.72 Å². The Balaban J connectivity index is 2.04. The number of nitro benzene ring substituents is 1. The lowest BCUT2D eigenvalue weighted by Gasteiger charge is -2.17. The normalized spacial score (nSPS) is 10.7. The fourth-order valence-electron chi connectivity index (χ4n) is 2.33. The fraction of sp³-hybridized carbons (Fsp3) is 0.211. The Kier molecular flexibility index (Phi) is 5.89. The summed E-state index contributed by atoms with van der Waals surface area (Å²) in [6, 6.07) is 14.3. The van der Waals surface area contributed by atoms with Gasteiger partial charge in [-0.2, -0.15) is 0 Å². The maximum absolute atomic E-state index is 12.2. The molecule has 130 valence electrons. The highest BCUT2D eigenvalue weighted by Gasteiger charge is 2.11. The van der Waals surface area contributed by atoms with Crippen LogP contribution in [0, 0.1) is 10.1 Å². The van der Waals surface area contributed by atoms with Crippen LogP contribution in [0.1, 0.15) is 11.1 Å². The monoisotopic (exact) mass is 339 g/mol. The van der Waals surface area contributed by atoms with Crippen molar-refractivity contribution in [3.8, 4) is 0 Å². The number of carbonyl (C=O) groups excluding carboxylic acids is 1. The summed E-state index contributed by atoms with van der Waals surface area (Å²) in [5.74, 6) is -0.213. The largest absolute Gasteiger partial charge is 0.378 e. The molecule has 0 unspecified atom stereocenters. The summed E-state index contributed by atoms with van der Waals surface area (Å²) in [6.45, 7) is 0.466. The van der Waals surface area contributed by atoms with Crippen LogP contribution in [0.3, 0.4) is 0 Å². The predicted octanol–water partition coefficient (Wildman–Crippen LogP) is 3.33. The molecular formula is C19H21N3O3. The summed E-state index contributed by atoms with van der Waals surface area (Å²) >= 11 is 0. The number of nitrogens with zero attached hydrogens (tertiary/aromatic N) is 3. The predicted molar refractivity (Wildman–Crippen MR) is 99.4 cm³/mol. The van der Waals surface area contributed by atoms with Gasteiger partial charge in [0.05, 0.1) is 10.5 Å². The Hall–Kier alpha value is -3.15. The van der Waals surface area contributed by atoms with E-state index in [0.29, 0.717) is 12.1 Å². The van der Waals surface area contributed by atoms with Gasteiger partial charge in [-0.15, -0.1) is 0 Å². The Morgan fingerprint density at radius 3 is 2.32 bits per heavy atom. The summed E-state index contributed by atoms with van der Waals surface area (Å²) < 4.78 is 0. The molecule has 25 heavy (non-hydrogen) atoms. The van der Waals surface area contributed by atoms with Crippen molar-refractivity contribution in [2.45, 2.75) is 6.54 Å². The highest BCUT2D eigenvalue weighted by Crippen LogP contribution is 2.19. The van der Waals surface area contributed by atoms with Gasteiger partial charge in [0.1, 0.15) is 0 Å². The molecule has 6 nitrogen and oxygen atoms in total. The van der Waals surface area contributed by atoms with Crippen molar-refractivity contribution in [3.05, 3.63) is 75.8 Å². The molecule has 0 atom stereocenters. The molecule has 2 rings (SSSR count). The number of rotatable bonds is 6. The number of carbonyl (C=O) groups is 1. The van der Waals surface area contributed by atoms with Gasteiger partial charge >= 0.3 is 0 Å². The summed E-state index contributed by atoms with van der Waals surface area (Å²) in [6.07, 6.45) is 2.84. The molecule has 0 saturated heterocycles. The Morgan fingerprint density at radius 2 is 1.72 bits per heavy atom. The lowest BCUT2D eigenvalue weighted by Crippen LogP contribution is -2.24. The van der Waals surface area contributed by atoms with E-state index in [9.17, 15) is 14.9 Å². The number of para-hydroxylation sites is 1. The number of hydrogen-bond acceptors (Lipinski definition) is 4. The first-order valence-corrected chi connectivity index (χ1v) is 7.81. The van der Waals surface area contributed by atoms with Gasteiger partial charge in [-0.05, 0) is 29.8 Å². The second-order valence-electron chi connectivity index (χ2n) is 5.90. The molecule has 2 aromatic carbocycles. The molecule has 6 heteroatoms. The number of anilines is 1. The topological polar surface area (TPSA) is 66.7 Å². The molecule has 0 N–H and O–H groups in total. The molecule has 0 heterocycles. The van der Waals surface area contributed by atoms with E-state index in [-0.39, 0.29) is 11.6 Å².